The number of aryl methyl sites for hydroxylation is 1. The molecule has 0 fully saturated rings. The molecule has 3 aromatic carbocycles. The predicted octanol–water partition coefficient (Wildman–Crippen LogP) is 5.06. The van der Waals surface area contributed by atoms with Crippen molar-refractivity contribution in [3.8, 4) is 17.0 Å². The number of hydrogen-bond acceptors (Lipinski definition) is 5. The first-order chi connectivity index (χ1) is 19.1. The van der Waals surface area contributed by atoms with Crippen LogP contribution in [0.2, 0.25) is 0 Å². The zero-order valence-electron chi connectivity index (χ0n) is 20.9. The van der Waals surface area contributed by atoms with E-state index in [-0.39, 0.29) is 35.7 Å². The molecule has 0 spiro atoms. The number of hydrogen-bond donors (Lipinski definition) is 1. The molecule has 40 heavy (non-hydrogen) atoms. The molecule has 12 heteroatoms. The fourth-order valence-corrected chi connectivity index (χ4v) is 4.58. The Kier molecular flexibility index (Phi) is 7.31. The second-order valence-electron chi connectivity index (χ2n) is 9.00. The lowest BCUT2D eigenvalue weighted by molar-refractivity contribution is -0.117. The third-order valence-electron chi connectivity index (χ3n) is 6.32. The van der Waals surface area contributed by atoms with Gasteiger partial charge in [0.2, 0.25) is 5.91 Å². The number of carbonyl (C=O) groups is 3. The Morgan fingerprint density at radius 2 is 1.82 bits per heavy atom. The van der Waals surface area contributed by atoms with Crippen LogP contribution in [0.5, 0.6) is 5.75 Å². The third-order valence-corrected chi connectivity index (χ3v) is 6.54. The molecule has 204 valence electrons. The van der Waals surface area contributed by atoms with Crippen LogP contribution in [0.3, 0.4) is 0 Å². The van der Waals surface area contributed by atoms with Crippen molar-refractivity contribution in [3.63, 3.8) is 0 Å². The van der Waals surface area contributed by atoms with Crippen LogP contribution in [0.1, 0.15) is 32.0 Å². The molecule has 0 saturated carbocycles. The highest BCUT2D eigenvalue weighted by atomic mass is 35.5. The average Bonchev–Trinajstić information content (AvgIpc) is 3.26. The number of halogens is 4. The molecule has 8 nitrogen and oxygen atoms in total. The highest BCUT2D eigenvalue weighted by Gasteiger charge is 2.32. The summed E-state index contributed by atoms with van der Waals surface area (Å²) >= 11 is 5.46. The van der Waals surface area contributed by atoms with E-state index in [1.807, 2.05) is 0 Å². The van der Waals surface area contributed by atoms with Gasteiger partial charge in [-0.25, -0.2) is 13.2 Å². The Hall–Kier alpha value is -4.64. The van der Waals surface area contributed by atoms with Gasteiger partial charge in [0, 0.05) is 35.8 Å². The van der Waals surface area contributed by atoms with E-state index in [1.165, 1.54) is 41.1 Å². The van der Waals surface area contributed by atoms with Gasteiger partial charge in [-0.3, -0.25) is 19.1 Å². The Labute approximate surface area is 230 Å². The van der Waals surface area contributed by atoms with E-state index >= 15 is 0 Å². The lowest BCUT2D eigenvalue weighted by atomic mass is 10.0. The molecule has 4 aromatic rings. The van der Waals surface area contributed by atoms with Crippen molar-refractivity contribution in [3.05, 3.63) is 100 Å². The van der Waals surface area contributed by atoms with Crippen molar-refractivity contribution in [2.45, 2.75) is 13.2 Å². The molecule has 0 atom stereocenters. The van der Waals surface area contributed by atoms with Crippen molar-refractivity contribution in [2.24, 2.45) is 7.05 Å². The monoisotopic (exact) mass is 568 g/mol. The number of rotatable bonds is 7. The van der Waals surface area contributed by atoms with Crippen LogP contribution in [0, 0.1) is 17.5 Å². The standard InChI is InChI=1S/C28H20ClF3N4O4/c1-35-26-18-11-17(30)7-9-23(18)40-14-19(26)25(34-35)28(39)36(12-16-4-2-3-5-20(16)31)13-24(37)33-22-10-15(27(29)38)6-8-21(22)32/h2-11H,12-14H2,1H3,(H,33,37). The molecule has 0 aliphatic carbocycles. The summed E-state index contributed by atoms with van der Waals surface area (Å²) in [5.41, 5.74) is 0.910. The summed E-state index contributed by atoms with van der Waals surface area (Å²) < 4.78 is 50.0. The minimum atomic E-state index is -0.851. The van der Waals surface area contributed by atoms with Crippen LogP contribution in [0.25, 0.3) is 11.3 Å². The van der Waals surface area contributed by atoms with Gasteiger partial charge in [-0.2, -0.15) is 5.10 Å². The van der Waals surface area contributed by atoms with E-state index in [0.717, 1.165) is 23.1 Å². The molecule has 1 aromatic heterocycles. The van der Waals surface area contributed by atoms with Gasteiger partial charge in [-0.05, 0) is 54.1 Å². The summed E-state index contributed by atoms with van der Waals surface area (Å²) in [7, 11) is 1.58. The van der Waals surface area contributed by atoms with Crippen LogP contribution < -0.4 is 10.1 Å². The molecule has 0 unspecified atom stereocenters. The number of anilines is 1. The second-order valence-corrected chi connectivity index (χ2v) is 9.34. The Morgan fingerprint density at radius 1 is 1.05 bits per heavy atom. The van der Waals surface area contributed by atoms with Crippen LogP contribution in [0.15, 0.2) is 60.7 Å². The van der Waals surface area contributed by atoms with Crippen molar-refractivity contribution >= 4 is 34.3 Å². The molecule has 1 aliphatic rings. The number of aromatic nitrogens is 2. The van der Waals surface area contributed by atoms with E-state index < -0.39 is 41.1 Å². The molecular formula is C28H20ClF3N4O4. The fraction of sp³-hybridized carbons (Fsp3) is 0.143. The maximum Gasteiger partial charge on any atom is 0.275 e. The van der Waals surface area contributed by atoms with Gasteiger partial charge >= 0.3 is 0 Å². The van der Waals surface area contributed by atoms with Gasteiger partial charge < -0.3 is 15.0 Å². The minimum Gasteiger partial charge on any atom is -0.488 e. The van der Waals surface area contributed by atoms with Crippen LogP contribution in [-0.4, -0.2) is 38.3 Å². The van der Waals surface area contributed by atoms with E-state index in [2.05, 4.69) is 10.4 Å². The van der Waals surface area contributed by atoms with Crippen LogP contribution >= 0.6 is 11.6 Å². The first-order valence-corrected chi connectivity index (χ1v) is 12.3. The van der Waals surface area contributed by atoms with Crippen molar-refractivity contribution in [1.82, 2.24) is 14.7 Å². The van der Waals surface area contributed by atoms with Gasteiger partial charge in [0.15, 0.2) is 5.69 Å². The summed E-state index contributed by atoms with van der Waals surface area (Å²) in [6, 6.07) is 12.9. The molecule has 1 aliphatic heterocycles. The smallest absolute Gasteiger partial charge is 0.275 e. The number of nitrogens with zero attached hydrogens (tertiary/aromatic N) is 3. The SMILES string of the molecule is Cn1nc(C(=O)N(CC(=O)Nc2cc(C(=O)Cl)ccc2F)Cc2ccccc2F)c2c1-c1cc(F)ccc1OC2. The summed E-state index contributed by atoms with van der Waals surface area (Å²) in [6.07, 6.45) is 0. The van der Waals surface area contributed by atoms with Crippen molar-refractivity contribution in [1.29, 1.82) is 0 Å². The lowest BCUT2D eigenvalue weighted by Crippen LogP contribution is -2.38. The molecule has 0 bridgehead atoms. The highest BCUT2D eigenvalue weighted by Crippen LogP contribution is 2.39. The zero-order chi connectivity index (χ0) is 28.6. The van der Waals surface area contributed by atoms with Gasteiger partial charge in [-0.15, -0.1) is 0 Å². The summed E-state index contributed by atoms with van der Waals surface area (Å²) in [5, 5.41) is 5.80. The van der Waals surface area contributed by atoms with E-state index in [0.29, 0.717) is 22.6 Å². The first-order valence-electron chi connectivity index (χ1n) is 11.9. The summed E-state index contributed by atoms with van der Waals surface area (Å²) in [4.78, 5) is 39.3. The first kappa shape index (κ1) is 26.9. The number of fused-ring (bicyclic) bond motifs is 3. The maximum absolute atomic E-state index is 14.5. The Morgan fingerprint density at radius 3 is 2.58 bits per heavy atom. The maximum atomic E-state index is 14.5. The predicted molar refractivity (Wildman–Crippen MR) is 139 cm³/mol. The molecule has 2 heterocycles. The molecule has 2 amide bonds. The summed E-state index contributed by atoms with van der Waals surface area (Å²) in [6.45, 7) is -0.991. The number of amides is 2. The van der Waals surface area contributed by atoms with E-state index in [4.69, 9.17) is 16.3 Å². The van der Waals surface area contributed by atoms with Gasteiger partial charge in [0.25, 0.3) is 11.1 Å². The molecule has 0 radical (unpaired) electrons. The lowest BCUT2D eigenvalue weighted by Gasteiger charge is -2.23. The van der Waals surface area contributed by atoms with Gasteiger partial charge in [0.05, 0.1) is 11.4 Å². The molecular weight excluding hydrogens is 549 g/mol. The zero-order valence-corrected chi connectivity index (χ0v) is 21.6. The highest BCUT2D eigenvalue weighted by molar-refractivity contribution is 6.67. The normalized spacial score (nSPS) is 11.7. The van der Waals surface area contributed by atoms with Crippen molar-refractivity contribution in [2.75, 3.05) is 11.9 Å². The Balaban J connectivity index is 1.48. The second kappa shape index (κ2) is 10.9. The number of ether oxygens (including phenoxy) is 1. The van der Waals surface area contributed by atoms with Crippen molar-refractivity contribution < 1.29 is 32.3 Å². The number of benzene rings is 3. The number of carbonyl (C=O) groups excluding carboxylic acids is 3. The molecule has 5 rings (SSSR count). The Bertz CT molecular complexity index is 1670. The molecule has 0 saturated heterocycles. The average molecular weight is 569 g/mol. The topological polar surface area (TPSA) is 93.5 Å². The molecule has 1 N–H and O–H groups in total. The van der Waals surface area contributed by atoms with Gasteiger partial charge in [0.1, 0.15) is 36.4 Å². The van der Waals surface area contributed by atoms with Crippen LogP contribution in [-0.2, 0) is 25.0 Å². The summed E-state index contributed by atoms with van der Waals surface area (Å²) in [5.74, 6) is -3.08. The van der Waals surface area contributed by atoms with Gasteiger partial charge in [-0.1, -0.05) is 18.2 Å². The number of nitrogens with one attached hydrogen (secondary N) is 1. The van der Waals surface area contributed by atoms with E-state index in [1.54, 1.807) is 13.1 Å². The fourth-order valence-electron chi connectivity index (χ4n) is 4.46. The quantitative estimate of drug-likeness (QED) is 0.315. The van der Waals surface area contributed by atoms with Crippen LogP contribution in [0.4, 0.5) is 18.9 Å². The third kappa shape index (κ3) is 5.28. The minimum absolute atomic E-state index is 0.0468. The largest absolute Gasteiger partial charge is 0.488 e. The van der Waals surface area contributed by atoms with E-state index in [9.17, 15) is 27.6 Å².